The number of rotatable bonds is 3. The second-order valence-corrected chi connectivity index (χ2v) is 7.06. The summed E-state index contributed by atoms with van der Waals surface area (Å²) in [6.07, 6.45) is 0.709. The summed E-state index contributed by atoms with van der Waals surface area (Å²) in [5, 5.41) is 26.4. The molecule has 24 heavy (non-hydrogen) atoms. The van der Waals surface area contributed by atoms with Crippen molar-refractivity contribution in [3.05, 3.63) is 29.0 Å². The quantitative estimate of drug-likeness (QED) is 0.786. The van der Waals surface area contributed by atoms with E-state index in [9.17, 15) is 9.90 Å². The Balaban J connectivity index is 1.72. The lowest BCUT2D eigenvalue weighted by Crippen LogP contribution is -2.43. The maximum Gasteiger partial charge on any atom is 0.308 e. The average molecular weight is 343 g/mol. The van der Waals surface area contributed by atoms with Gasteiger partial charge in [0, 0.05) is 24.0 Å². The molecular formula is C16H17N5O2S. The molecule has 1 fully saturated rings. The molecule has 1 aliphatic rings. The van der Waals surface area contributed by atoms with Gasteiger partial charge in [-0.15, -0.1) is 15.3 Å². The van der Waals surface area contributed by atoms with Gasteiger partial charge in [0.15, 0.2) is 11.5 Å². The average Bonchev–Trinajstić information content (AvgIpc) is 3.22. The Morgan fingerprint density at radius 2 is 2.17 bits per heavy atom. The number of aliphatic carboxylic acids is 1. The van der Waals surface area contributed by atoms with Crippen LogP contribution in [0.25, 0.3) is 17.0 Å². The first-order valence-corrected chi connectivity index (χ1v) is 8.79. The van der Waals surface area contributed by atoms with Crippen molar-refractivity contribution in [2.75, 3.05) is 18.0 Å². The fourth-order valence-electron chi connectivity index (χ4n) is 3.24. The fourth-order valence-corrected chi connectivity index (χ4v) is 3.87. The SMILES string of the molecule is CC1CC(C(=O)O)CN(c2ccc3nnc(-c4ccsc4)n3n2)C1. The Hall–Kier alpha value is -2.48. The van der Waals surface area contributed by atoms with Gasteiger partial charge in [0.1, 0.15) is 5.82 Å². The molecule has 0 spiro atoms. The van der Waals surface area contributed by atoms with Crippen molar-refractivity contribution in [2.45, 2.75) is 13.3 Å². The lowest BCUT2D eigenvalue weighted by atomic mass is 9.90. The van der Waals surface area contributed by atoms with Crippen LogP contribution in [0, 0.1) is 11.8 Å². The Labute approximate surface area is 142 Å². The van der Waals surface area contributed by atoms with Gasteiger partial charge in [-0.25, -0.2) is 0 Å². The fraction of sp³-hybridized carbons (Fsp3) is 0.375. The Bertz CT molecular complexity index is 876. The van der Waals surface area contributed by atoms with Crippen molar-refractivity contribution in [3.8, 4) is 11.4 Å². The lowest BCUT2D eigenvalue weighted by molar-refractivity contribution is -0.142. The highest BCUT2D eigenvalue weighted by Gasteiger charge is 2.30. The number of nitrogens with zero attached hydrogens (tertiary/aromatic N) is 5. The maximum atomic E-state index is 11.4. The van der Waals surface area contributed by atoms with E-state index in [0.29, 0.717) is 30.4 Å². The molecular weight excluding hydrogens is 326 g/mol. The summed E-state index contributed by atoms with van der Waals surface area (Å²) >= 11 is 1.60. The summed E-state index contributed by atoms with van der Waals surface area (Å²) in [5.41, 5.74) is 1.66. The van der Waals surface area contributed by atoms with E-state index in [2.05, 4.69) is 22.2 Å². The van der Waals surface area contributed by atoms with Crippen molar-refractivity contribution in [3.63, 3.8) is 0 Å². The predicted octanol–water partition coefficient (Wildman–Crippen LogP) is 2.40. The molecule has 3 aromatic heterocycles. The van der Waals surface area contributed by atoms with Crippen molar-refractivity contribution < 1.29 is 9.90 Å². The summed E-state index contributed by atoms with van der Waals surface area (Å²) in [7, 11) is 0. The Morgan fingerprint density at radius 3 is 2.92 bits per heavy atom. The summed E-state index contributed by atoms with van der Waals surface area (Å²) in [5.74, 6) is 0.679. The van der Waals surface area contributed by atoms with Crippen LogP contribution in [0.1, 0.15) is 13.3 Å². The van der Waals surface area contributed by atoms with E-state index in [0.717, 1.165) is 17.9 Å². The molecule has 0 aliphatic carbocycles. The minimum absolute atomic E-state index is 0.314. The van der Waals surface area contributed by atoms with E-state index < -0.39 is 5.97 Å². The van der Waals surface area contributed by atoms with Gasteiger partial charge in [0.25, 0.3) is 0 Å². The molecule has 3 aromatic rings. The van der Waals surface area contributed by atoms with Gasteiger partial charge in [-0.1, -0.05) is 6.92 Å². The van der Waals surface area contributed by atoms with Crippen LogP contribution in [-0.4, -0.2) is 44.0 Å². The zero-order chi connectivity index (χ0) is 16.7. The number of anilines is 1. The van der Waals surface area contributed by atoms with Gasteiger partial charge in [0.2, 0.25) is 0 Å². The highest BCUT2D eigenvalue weighted by Crippen LogP contribution is 2.27. The summed E-state index contributed by atoms with van der Waals surface area (Å²) in [6, 6.07) is 5.75. The first kappa shape index (κ1) is 15.1. The molecule has 0 aromatic carbocycles. The van der Waals surface area contributed by atoms with Crippen LogP contribution in [0.3, 0.4) is 0 Å². The molecule has 4 rings (SSSR count). The third-order valence-electron chi connectivity index (χ3n) is 4.36. The van der Waals surface area contributed by atoms with Crippen molar-refractivity contribution >= 4 is 28.8 Å². The molecule has 7 nitrogen and oxygen atoms in total. The van der Waals surface area contributed by atoms with Crippen molar-refractivity contribution in [2.24, 2.45) is 11.8 Å². The topological polar surface area (TPSA) is 83.6 Å². The van der Waals surface area contributed by atoms with Crippen molar-refractivity contribution in [1.29, 1.82) is 0 Å². The third-order valence-corrected chi connectivity index (χ3v) is 5.04. The summed E-state index contributed by atoms with van der Waals surface area (Å²) in [4.78, 5) is 13.4. The molecule has 1 saturated heterocycles. The molecule has 8 heteroatoms. The zero-order valence-corrected chi connectivity index (χ0v) is 14.0. The summed E-state index contributed by atoms with van der Waals surface area (Å²) in [6.45, 7) is 3.36. The normalized spacial score (nSPS) is 21.3. The van der Waals surface area contributed by atoms with E-state index in [1.807, 2.05) is 33.9 Å². The molecule has 4 heterocycles. The minimum atomic E-state index is -0.740. The first-order chi connectivity index (χ1) is 11.6. The third kappa shape index (κ3) is 2.62. The number of aromatic nitrogens is 4. The molecule has 1 aliphatic heterocycles. The van der Waals surface area contributed by atoms with E-state index in [1.54, 1.807) is 15.9 Å². The van der Waals surface area contributed by atoms with Crippen LogP contribution in [0.4, 0.5) is 5.82 Å². The molecule has 0 amide bonds. The van der Waals surface area contributed by atoms with Crippen LogP contribution in [0.15, 0.2) is 29.0 Å². The Morgan fingerprint density at radius 1 is 1.29 bits per heavy atom. The molecule has 124 valence electrons. The summed E-state index contributed by atoms with van der Waals surface area (Å²) < 4.78 is 1.73. The van der Waals surface area contributed by atoms with Gasteiger partial charge < -0.3 is 10.0 Å². The molecule has 2 unspecified atom stereocenters. The standard InChI is InChI=1S/C16H17N5O2S/c1-10-6-12(16(22)23)8-20(7-10)14-3-2-13-17-18-15(21(13)19-14)11-4-5-24-9-11/h2-5,9-10,12H,6-8H2,1H3,(H,22,23). The van der Waals surface area contributed by atoms with Gasteiger partial charge in [0.05, 0.1) is 5.92 Å². The van der Waals surface area contributed by atoms with Crippen LogP contribution in [0.5, 0.6) is 0 Å². The molecule has 0 bridgehead atoms. The van der Waals surface area contributed by atoms with E-state index in [-0.39, 0.29) is 5.92 Å². The van der Waals surface area contributed by atoms with E-state index in [4.69, 9.17) is 0 Å². The number of hydrogen-bond acceptors (Lipinski definition) is 6. The molecule has 2 atom stereocenters. The number of hydrogen-bond donors (Lipinski definition) is 1. The highest BCUT2D eigenvalue weighted by atomic mass is 32.1. The largest absolute Gasteiger partial charge is 0.481 e. The monoisotopic (exact) mass is 343 g/mol. The molecule has 0 radical (unpaired) electrons. The second-order valence-electron chi connectivity index (χ2n) is 6.28. The van der Waals surface area contributed by atoms with Crippen LogP contribution in [0.2, 0.25) is 0 Å². The van der Waals surface area contributed by atoms with Crippen LogP contribution < -0.4 is 4.90 Å². The predicted molar refractivity (Wildman–Crippen MR) is 91.2 cm³/mol. The van der Waals surface area contributed by atoms with Gasteiger partial charge in [-0.05, 0) is 35.9 Å². The van der Waals surface area contributed by atoms with Gasteiger partial charge in [-0.3, -0.25) is 4.79 Å². The first-order valence-electron chi connectivity index (χ1n) is 7.84. The number of carboxylic acid groups (broad SMARTS) is 1. The van der Waals surface area contributed by atoms with Gasteiger partial charge >= 0.3 is 5.97 Å². The number of thiophene rings is 1. The van der Waals surface area contributed by atoms with Gasteiger partial charge in [-0.2, -0.15) is 15.9 Å². The van der Waals surface area contributed by atoms with E-state index >= 15 is 0 Å². The minimum Gasteiger partial charge on any atom is -0.481 e. The lowest BCUT2D eigenvalue weighted by Gasteiger charge is -2.35. The van der Waals surface area contributed by atoms with Crippen molar-refractivity contribution in [1.82, 2.24) is 19.8 Å². The molecule has 1 N–H and O–H groups in total. The Kier molecular flexibility index (Phi) is 3.68. The maximum absolute atomic E-state index is 11.4. The molecule has 0 saturated carbocycles. The van der Waals surface area contributed by atoms with Crippen LogP contribution in [-0.2, 0) is 4.79 Å². The number of piperidine rings is 1. The van der Waals surface area contributed by atoms with Crippen LogP contribution >= 0.6 is 11.3 Å². The number of carboxylic acids is 1. The second kappa shape index (κ2) is 5.86. The number of carbonyl (C=O) groups is 1. The highest BCUT2D eigenvalue weighted by molar-refractivity contribution is 7.08. The smallest absolute Gasteiger partial charge is 0.308 e. The zero-order valence-electron chi connectivity index (χ0n) is 13.2. The van der Waals surface area contributed by atoms with E-state index in [1.165, 1.54) is 0 Å². The number of fused-ring (bicyclic) bond motifs is 1.